The molecule has 2 N–H and O–H groups in total. The van der Waals surface area contributed by atoms with Gasteiger partial charge in [-0.05, 0) is 54.0 Å². The molecular formula is C26H26N2O3. The lowest BCUT2D eigenvalue weighted by atomic mass is 10.1. The van der Waals surface area contributed by atoms with Crippen molar-refractivity contribution in [2.75, 3.05) is 10.6 Å². The molecule has 3 rings (SSSR count). The predicted molar refractivity (Wildman–Crippen MR) is 125 cm³/mol. The van der Waals surface area contributed by atoms with Gasteiger partial charge in [-0.2, -0.15) is 0 Å². The molecule has 0 aliphatic heterocycles. The molecule has 0 saturated heterocycles. The Labute approximate surface area is 182 Å². The minimum atomic E-state index is -0.244. The van der Waals surface area contributed by atoms with E-state index in [-0.39, 0.29) is 11.8 Å². The fourth-order valence-electron chi connectivity index (χ4n) is 2.85. The average Bonchev–Trinajstić information content (AvgIpc) is 2.80. The molecule has 0 spiro atoms. The molecule has 0 saturated carbocycles. The van der Waals surface area contributed by atoms with E-state index in [0.29, 0.717) is 24.4 Å². The second-order valence-electron chi connectivity index (χ2n) is 7.10. The second kappa shape index (κ2) is 10.8. The number of amides is 2. The van der Waals surface area contributed by atoms with Crippen molar-refractivity contribution < 1.29 is 14.3 Å². The monoisotopic (exact) mass is 414 g/mol. The summed E-state index contributed by atoms with van der Waals surface area (Å²) >= 11 is 0. The molecule has 3 aromatic carbocycles. The maximum absolute atomic E-state index is 12.3. The molecular weight excluding hydrogens is 388 g/mol. The molecule has 3 aromatic rings. The van der Waals surface area contributed by atoms with Crippen LogP contribution in [0, 0.1) is 6.92 Å². The van der Waals surface area contributed by atoms with Crippen molar-refractivity contribution in [3.05, 3.63) is 95.6 Å². The first-order chi connectivity index (χ1) is 15.0. The number of ether oxygens (including phenoxy) is 1. The Morgan fingerprint density at radius 1 is 0.935 bits per heavy atom. The number of rotatable bonds is 8. The lowest BCUT2D eigenvalue weighted by molar-refractivity contribution is -0.116. The molecule has 31 heavy (non-hydrogen) atoms. The molecule has 0 fully saturated rings. The molecule has 5 nitrogen and oxygen atoms in total. The highest BCUT2D eigenvalue weighted by Gasteiger charge is 2.05. The van der Waals surface area contributed by atoms with Crippen LogP contribution in [0.15, 0.2) is 78.9 Å². The Hall–Kier alpha value is -3.86. The van der Waals surface area contributed by atoms with Gasteiger partial charge >= 0.3 is 0 Å². The van der Waals surface area contributed by atoms with E-state index in [9.17, 15) is 9.59 Å². The largest absolute Gasteiger partial charge is 0.489 e. The Kier molecular flexibility index (Phi) is 7.60. The fraction of sp³-hybridized carbons (Fsp3) is 0.154. The maximum atomic E-state index is 12.3. The normalized spacial score (nSPS) is 10.6. The van der Waals surface area contributed by atoms with Crippen LogP contribution in [-0.4, -0.2) is 11.8 Å². The van der Waals surface area contributed by atoms with Gasteiger partial charge < -0.3 is 15.4 Å². The zero-order valence-corrected chi connectivity index (χ0v) is 17.7. The fourth-order valence-corrected chi connectivity index (χ4v) is 2.85. The van der Waals surface area contributed by atoms with Crippen LogP contribution in [0.25, 0.3) is 6.08 Å². The molecule has 158 valence electrons. The predicted octanol–water partition coefficient (Wildman–Crippen LogP) is 5.57. The van der Waals surface area contributed by atoms with E-state index in [1.165, 1.54) is 6.08 Å². The third kappa shape index (κ3) is 6.85. The number of carbonyl (C=O) groups excluding carboxylic acids is 2. The molecule has 0 radical (unpaired) electrons. The highest BCUT2D eigenvalue weighted by atomic mass is 16.5. The molecule has 0 aromatic heterocycles. The molecule has 0 aliphatic rings. The Morgan fingerprint density at radius 2 is 1.68 bits per heavy atom. The molecule has 0 aliphatic carbocycles. The van der Waals surface area contributed by atoms with Gasteiger partial charge in [-0.3, -0.25) is 9.59 Å². The smallest absolute Gasteiger partial charge is 0.248 e. The van der Waals surface area contributed by atoms with Crippen LogP contribution in [0.3, 0.4) is 0 Å². The van der Waals surface area contributed by atoms with Gasteiger partial charge in [-0.25, -0.2) is 0 Å². The van der Waals surface area contributed by atoms with Crippen LogP contribution in [0.5, 0.6) is 5.75 Å². The number of aryl methyl sites for hydroxylation is 1. The standard InChI is InChI=1S/C26H26N2O3/c1-3-25(29)27-22-13-9-19(2)24(17-22)28-26(30)16-12-20-10-14-23(15-11-20)31-18-21-7-5-4-6-8-21/h4-17H,3,18H2,1-2H3,(H,27,29)(H,28,30). The van der Waals surface area contributed by atoms with Crippen molar-refractivity contribution in [3.63, 3.8) is 0 Å². The summed E-state index contributed by atoms with van der Waals surface area (Å²) in [5, 5.41) is 5.66. The molecule has 2 amide bonds. The quantitative estimate of drug-likeness (QED) is 0.473. The summed E-state index contributed by atoms with van der Waals surface area (Å²) in [6.07, 6.45) is 3.62. The molecule has 0 bridgehead atoms. The van der Waals surface area contributed by atoms with Gasteiger partial charge in [0.1, 0.15) is 12.4 Å². The highest BCUT2D eigenvalue weighted by molar-refractivity contribution is 6.03. The van der Waals surface area contributed by atoms with Crippen molar-refractivity contribution in [1.82, 2.24) is 0 Å². The van der Waals surface area contributed by atoms with Crippen molar-refractivity contribution in [2.24, 2.45) is 0 Å². The molecule has 5 heteroatoms. The maximum Gasteiger partial charge on any atom is 0.248 e. The molecule has 0 atom stereocenters. The number of benzene rings is 3. The lowest BCUT2D eigenvalue weighted by Gasteiger charge is -2.10. The summed E-state index contributed by atoms with van der Waals surface area (Å²) in [4.78, 5) is 23.9. The summed E-state index contributed by atoms with van der Waals surface area (Å²) in [6, 6.07) is 23.0. The van der Waals surface area contributed by atoms with E-state index < -0.39 is 0 Å². The summed E-state index contributed by atoms with van der Waals surface area (Å²) in [5.74, 6) is 0.454. The van der Waals surface area contributed by atoms with Gasteiger partial charge in [0.2, 0.25) is 11.8 Å². The van der Waals surface area contributed by atoms with Gasteiger partial charge in [0.05, 0.1) is 0 Å². The van der Waals surface area contributed by atoms with Crippen LogP contribution < -0.4 is 15.4 Å². The summed E-state index contributed by atoms with van der Waals surface area (Å²) in [7, 11) is 0. The Balaban J connectivity index is 1.56. The van der Waals surface area contributed by atoms with Crippen molar-refractivity contribution in [3.8, 4) is 5.75 Å². The van der Waals surface area contributed by atoms with E-state index in [1.807, 2.05) is 73.7 Å². The molecule has 0 heterocycles. The van der Waals surface area contributed by atoms with E-state index >= 15 is 0 Å². The Bertz CT molecular complexity index is 1060. The number of hydrogen-bond acceptors (Lipinski definition) is 3. The number of anilines is 2. The van der Waals surface area contributed by atoms with Gasteiger partial charge in [0, 0.05) is 23.9 Å². The van der Waals surface area contributed by atoms with Crippen LogP contribution in [0.1, 0.15) is 30.0 Å². The zero-order chi connectivity index (χ0) is 22.1. The minimum absolute atomic E-state index is 0.0720. The van der Waals surface area contributed by atoms with Crippen LogP contribution >= 0.6 is 0 Å². The number of nitrogens with one attached hydrogen (secondary N) is 2. The van der Waals surface area contributed by atoms with Crippen LogP contribution in [0.4, 0.5) is 11.4 Å². The summed E-state index contributed by atoms with van der Waals surface area (Å²) in [6.45, 7) is 4.20. The average molecular weight is 415 g/mol. The van der Waals surface area contributed by atoms with Gasteiger partial charge in [0.25, 0.3) is 0 Å². The first-order valence-electron chi connectivity index (χ1n) is 10.2. The lowest BCUT2D eigenvalue weighted by Crippen LogP contribution is -2.12. The van der Waals surface area contributed by atoms with Gasteiger partial charge in [0.15, 0.2) is 0 Å². The van der Waals surface area contributed by atoms with Crippen LogP contribution in [-0.2, 0) is 16.2 Å². The Morgan fingerprint density at radius 3 is 2.39 bits per heavy atom. The van der Waals surface area contributed by atoms with E-state index in [2.05, 4.69) is 10.6 Å². The first kappa shape index (κ1) is 21.8. The highest BCUT2D eigenvalue weighted by Crippen LogP contribution is 2.21. The van der Waals surface area contributed by atoms with E-state index in [0.717, 1.165) is 22.4 Å². The zero-order valence-electron chi connectivity index (χ0n) is 17.7. The topological polar surface area (TPSA) is 67.4 Å². The van der Waals surface area contributed by atoms with E-state index in [4.69, 9.17) is 4.74 Å². The van der Waals surface area contributed by atoms with Gasteiger partial charge in [-0.1, -0.05) is 55.5 Å². The van der Waals surface area contributed by atoms with Crippen molar-refractivity contribution >= 4 is 29.3 Å². The van der Waals surface area contributed by atoms with Crippen molar-refractivity contribution in [1.29, 1.82) is 0 Å². The summed E-state index contributed by atoms with van der Waals surface area (Å²) in [5.41, 5.74) is 4.23. The minimum Gasteiger partial charge on any atom is -0.489 e. The first-order valence-corrected chi connectivity index (χ1v) is 10.2. The third-order valence-electron chi connectivity index (χ3n) is 4.66. The summed E-state index contributed by atoms with van der Waals surface area (Å²) < 4.78 is 5.78. The van der Waals surface area contributed by atoms with Gasteiger partial charge in [-0.15, -0.1) is 0 Å². The van der Waals surface area contributed by atoms with Crippen molar-refractivity contribution in [2.45, 2.75) is 26.9 Å². The molecule has 0 unspecified atom stereocenters. The second-order valence-corrected chi connectivity index (χ2v) is 7.10. The number of carbonyl (C=O) groups is 2. The third-order valence-corrected chi connectivity index (χ3v) is 4.66. The van der Waals surface area contributed by atoms with E-state index in [1.54, 1.807) is 19.1 Å². The van der Waals surface area contributed by atoms with Crippen LogP contribution in [0.2, 0.25) is 0 Å². The SMILES string of the molecule is CCC(=O)Nc1ccc(C)c(NC(=O)C=Cc2ccc(OCc3ccccc3)cc2)c1. The number of hydrogen-bond donors (Lipinski definition) is 2.